The van der Waals surface area contributed by atoms with Crippen LogP contribution < -0.4 is 0 Å². The number of nitrogens with zero attached hydrogens (tertiary/aromatic N) is 4. The van der Waals surface area contributed by atoms with Crippen molar-refractivity contribution in [2.24, 2.45) is 4.99 Å². The lowest BCUT2D eigenvalue weighted by atomic mass is 9.96. The van der Waals surface area contributed by atoms with Crippen molar-refractivity contribution in [1.82, 2.24) is 14.7 Å². The minimum atomic E-state index is -0.794. The maximum atomic E-state index is 13.1. The number of esters is 2. The highest BCUT2D eigenvalue weighted by atomic mass is 127. The van der Waals surface area contributed by atoms with Crippen LogP contribution in [0.15, 0.2) is 4.99 Å². The van der Waals surface area contributed by atoms with E-state index in [1.54, 1.807) is 39.7 Å². The zero-order valence-corrected chi connectivity index (χ0v) is 26.4. The molecule has 2 amide bonds. The molecule has 0 radical (unpaired) electrons. The van der Waals surface area contributed by atoms with Crippen molar-refractivity contribution in [2.75, 3.05) is 19.9 Å². The molecule has 6 atom stereocenters. The van der Waals surface area contributed by atoms with Gasteiger partial charge in [-0.3, -0.25) is 14.6 Å². The van der Waals surface area contributed by atoms with Crippen LogP contribution in [0.2, 0.25) is 0 Å². The summed E-state index contributed by atoms with van der Waals surface area (Å²) in [6, 6.07) is -2.03. The van der Waals surface area contributed by atoms with Crippen molar-refractivity contribution in [2.45, 2.75) is 95.7 Å². The molecule has 14 heteroatoms. The van der Waals surface area contributed by atoms with Crippen molar-refractivity contribution in [3.8, 4) is 0 Å². The van der Waals surface area contributed by atoms with Crippen LogP contribution in [0.25, 0.3) is 0 Å². The van der Waals surface area contributed by atoms with E-state index in [-0.39, 0.29) is 38.9 Å². The van der Waals surface area contributed by atoms with Crippen LogP contribution in [0.1, 0.15) is 53.4 Å². The minimum Gasteiger partial charge on any atom is -0.426 e. The molecule has 5 aliphatic rings. The summed E-state index contributed by atoms with van der Waals surface area (Å²) in [5.74, 6) is -1.47. The number of β-lactam (4-membered cyclic amide) rings is 2. The van der Waals surface area contributed by atoms with E-state index in [1.807, 2.05) is 27.7 Å². The lowest BCUT2D eigenvalue weighted by Crippen LogP contribution is -2.65. The summed E-state index contributed by atoms with van der Waals surface area (Å²) in [5, 5.41) is -0.276. The van der Waals surface area contributed by atoms with E-state index >= 15 is 0 Å². The van der Waals surface area contributed by atoms with Crippen LogP contribution >= 0.6 is 58.5 Å². The first-order valence-corrected chi connectivity index (χ1v) is 15.7. The van der Waals surface area contributed by atoms with Crippen LogP contribution in [0.4, 0.5) is 0 Å². The maximum Gasteiger partial charge on any atom is 0.333 e. The molecule has 212 valence electrons. The normalized spacial score (nSPS) is 35.0. The second-order valence-corrected chi connectivity index (χ2v) is 16.0. The zero-order valence-electron chi connectivity index (χ0n) is 21.8. The fourth-order valence-electron chi connectivity index (χ4n) is 5.74. The Morgan fingerprint density at radius 2 is 1.42 bits per heavy atom. The minimum absolute atomic E-state index is 0. The highest BCUT2D eigenvalue weighted by Crippen LogP contribution is 2.53. The molecular formula is C24H34ClIN4O6S2. The van der Waals surface area contributed by atoms with Crippen molar-refractivity contribution >= 4 is 88.6 Å². The van der Waals surface area contributed by atoms with Gasteiger partial charge < -0.3 is 24.2 Å². The van der Waals surface area contributed by atoms with Gasteiger partial charge >= 0.3 is 11.9 Å². The third-order valence-corrected chi connectivity index (χ3v) is 12.5. The molecule has 10 nitrogen and oxygen atoms in total. The molecule has 0 aromatic heterocycles. The molecule has 0 aromatic rings. The lowest BCUT2D eigenvalue weighted by Gasteiger charge is -2.42. The van der Waals surface area contributed by atoms with Crippen LogP contribution in [0.3, 0.4) is 0 Å². The number of halogens is 2. The first-order valence-electron chi connectivity index (χ1n) is 12.7. The average molecular weight is 701 g/mol. The predicted octanol–water partition coefficient (Wildman–Crippen LogP) is 2.65. The summed E-state index contributed by atoms with van der Waals surface area (Å²) < 4.78 is 9.41. The van der Waals surface area contributed by atoms with E-state index in [9.17, 15) is 19.2 Å². The molecule has 5 heterocycles. The molecule has 5 saturated heterocycles. The van der Waals surface area contributed by atoms with E-state index in [4.69, 9.17) is 9.47 Å². The van der Waals surface area contributed by atoms with Gasteiger partial charge in [-0.05, 0) is 40.5 Å². The Bertz CT molecular complexity index is 1020. The summed E-state index contributed by atoms with van der Waals surface area (Å²) in [6.45, 7) is 8.97. The summed E-state index contributed by atoms with van der Waals surface area (Å²) in [5.41, 5.74) is 0. The number of fused-ring (bicyclic) bond motifs is 2. The Kier molecular flexibility index (Phi) is 8.82. The number of thioether (sulfide) groups is 2. The Hall–Kier alpha value is -0.930. The second-order valence-electron chi connectivity index (χ2n) is 11.1. The summed E-state index contributed by atoms with van der Waals surface area (Å²) in [7, 11) is 0. The van der Waals surface area contributed by atoms with Crippen molar-refractivity contribution < 1.29 is 28.7 Å². The highest BCUT2D eigenvalue weighted by Gasteiger charge is 2.65. The molecule has 0 bridgehead atoms. The maximum absolute atomic E-state index is 13.1. The number of alkyl halides is 1. The topological polar surface area (TPSA) is 109 Å². The molecule has 0 N–H and O–H groups in total. The van der Waals surface area contributed by atoms with Crippen LogP contribution in [0.5, 0.6) is 0 Å². The van der Waals surface area contributed by atoms with Gasteiger partial charge in [-0.2, -0.15) is 0 Å². The highest BCUT2D eigenvalue weighted by molar-refractivity contribution is 14.1. The summed E-state index contributed by atoms with van der Waals surface area (Å²) in [4.78, 5) is 61.1. The van der Waals surface area contributed by atoms with Crippen LogP contribution in [-0.4, -0.2) is 107 Å². The van der Waals surface area contributed by atoms with Gasteiger partial charge in [-0.25, -0.2) is 9.59 Å². The first-order chi connectivity index (χ1) is 17.4. The lowest BCUT2D eigenvalue weighted by molar-refractivity contribution is -0.180. The van der Waals surface area contributed by atoms with Gasteiger partial charge in [0.25, 0.3) is 5.91 Å². The molecule has 0 aromatic carbocycles. The van der Waals surface area contributed by atoms with Gasteiger partial charge in [0.1, 0.15) is 26.8 Å². The number of carbonyl (C=O) groups excluding carboxylic acids is 4. The Labute approximate surface area is 251 Å². The predicted molar refractivity (Wildman–Crippen MR) is 157 cm³/mol. The quantitative estimate of drug-likeness (QED) is 0.0787. The number of aliphatic imine (C=N–C) groups is 1. The number of hydrogen-bond donors (Lipinski definition) is 0. The van der Waals surface area contributed by atoms with Gasteiger partial charge in [0.05, 0.1) is 6.34 Å². The molecular weight excluding hydrogens is 667 g/mol. The van der Waals surface area contributed by atoms with Crippen molar-refractivity contribution in [3.05, 3.63) is 0 Å². The molecule has 5 aliphatic heterocycles. The fourth-order valence-corrected chi connectivity index (χ4v) is 10.00. The van der Waals surface area contributed by atoms with Gasteiger partial charge in [0.15, 0.2) is 6.04 Å². The molecule has 5 fully saturated rings. The van der Waals surface area contributed by atoms with E-state index in [1.165, 1.54) is 12.8 Å². The standard InChI is InChI=1S/C24H33IN4O6S2.ClH/c1-23(2)15(28-17(30)13(25)19(28)36-23)21(32)34-12-35-22(33)16-24(3,4)37-20-14(18(31)29(16)20)26-11-27-9-7-5-6-8-10-27;/h11,13-16,19-20H,5-10,12H2,1-4H3;1H/t13-,14?,15+,16+,19-,20-;/m1./s1. The van der Waals surface area contributed by atoms with E-state index in [0.29, 0.717) is 0 Å². The SMILES string of the molecule is CC1(C)S[C@@H]2C(N=CN3CCCCCC3)C(=O)N2[C@H]1C(=O)OCOC(=O)[C@@H]1N2C(=O)[C@@H](I)[C@H]2SC1(C)C.Cl. The number of carbonyl (C=O) groups is 4. The Morgan fingerprint density at radius 1 is 0.921 bits per heavy atom. The van der Waals surface area contributed by atoms with Crippen molar-refractivity contribution in [3.63, 3.8) is 0 Å². The Balaban J connectivity index is 0.00000336. The largest absolute Gasteiger partial charge is 0.426 e. The smallest absolute Gasteiger partial charge is 0.333 e. The third-order valence-electron chi connectivity index (χ3n) is 7.67. The van der Waals surface area contributed by atoms with E-state index in [2.05, 4.69) is 32.5 Å². The van der Waals surface area contributed by atoms with Crippen LogP contribution in [0, 0.1) is 0 Å². The second kappa shape index (κ2) is 11.2. The molecule has 0 spiro atoms. The summed E-state index contributed by atoms with van der Waals surface area (Å²) >= 11 is 5.22. The summed E-state index contributed by atoms with van der Waals surface area (Å²) in [6.07, 6.45) is 6.51. The third kappa shape index (κ3) is 5.13. The van der Waals surface area contributed by atoms with Gasteiger partial charge in [0.2, 0.25) is 12.7 Å². The van der Waals surface area contributed by atoms with E-state index < -0.39 is 46.4 Å². The number of likely N-dealkylation sites (tertiary alicyclic amines) is 1. The molecule has 0 aliphatic carbocycles. The van der Waals surface area contributed by atoms with Gasteiger partial charge in [-0.15, -0.1) is 35.9 Å². The number of rotatable bonds is 6. The zero-order chi connectivity index (χ0) is 26.7. The average Bonchev–Trinajstić information content (AvgIpc) is 3.07. The number of hydrogen-bond acceptors (Lipinski definition) is 9. The number of amides is 2. The number of ether oxygens (including phenoxy) is 2. The van der Waals surface area contributed by atoms with Crippen molar-refractivity contribution in [1.29, 1.82) is 0 Å². The first kappa shape index (κ1) is 30.0. The van der Waals surface area contributed by atoms with Gasteiger partial charge in [0, 0.05) is 22.6 Å². The fraction of sp³-hybridized carbons (Fsp3) is 0.792. The monoisotopic (exact) mass is 700 g/mol. The molecule has 38 heavy (non-hydrogen) atoms. The van der Waals surface area contributed by atoms with Gasteiger partial charge in [-0.1, -0.05) is 35.4 Å². The molecule has 1 unspecified atom stereocenters. The molecule has 0 saturated carbocycles. The van der Waals surface area contributed by atoms with Crippen LogP contribution in [-0.2, 0) is 28.7 Å². The van der Waals surface area contributed by atoms with E-state index in [0.717, 1.165) is 25.9 Å². The Morgan fingerprint density at radius 3 is 1.97 bits per heavy atom. The molecule has 5 rings (SSSR count).